The third-order valence-corrected chi connectivity index (χ3v) is 4.20. The maximum Gasteiger partial charge on any atom is 0.317 e. The van der Waals surface area contributed by atoms with Crippen molar-refractivity contribution in [3.63, 3.8) is 0 Å². The predicted octanol–water partition coefficient (Wildman–Crippen LogP) is 1.61. The summed E-state index contributed by atoms with van der Waals surface area (Å²) in [5, 5.41) is 12.0. The van der Waals surface area contributed by atoms with Crippen LogP contribution in [0.1, 0.15) is 11.5 Å². The van der Waals surface area contributed by atoms with Gasteiger partial charge in [0.2, 0.25) is 0 Å². The van der Waals surface area contributed by atoms with E-state index in [9.17, 15) is 14.7 Å². The Morgan fingerprint density at radius 3 is 2.50 bits per heavy atom. The molecule has 1 aliphatic heterocycles. The molecule has 6 heteroatoms. The monoisotopic (exact) mass is 294 g/mol. The zero-order valence-corrected chi connectivity index (χ0v) is 11.9. The minimum absolute atomic E-state index is 0.113. The van der Waals surface area contributed by atoms with Gasteiger partial charge in [0, 0.05) is 31.1 Å². The number of thioether (sulfide) groups is 1. The van der Waals surface area contributed by atoms with Gasteiger partial charge in [0.1, 0.15) is 0 Å². The molecule has 2 amide bonds. The van der Waals surface area contributed by atoms with E-state index in [1.807, 2.05) is 17.8 Å². The van der Waals surface area contributed by atoms with Crippen molar-refractivity contribution in [1.82, 2.24) is 10.2 Å². The van der Waals surface area contributed by atoms with Crippen molar-refractivity contribution in [1.29, 1.82) is 0 Å². The number of carboxylic acids is 1. The summed E-state index contributed by atoms with van der Waals surface area (Å²) in [5.74, 6) is 0.244. The van der Waals surface area contributed by atoms with E-state index in [0.717, 1.165) is 24.6 Å². The topological polar surface area (TPSA) is 69.6 Å². The molecule has 5 nitrogen and oxygen atoms in total. The molecule has 0 spiro atoms. The molecule has 1 aromatic carbocycles. The fraction of sp³-hybridized carbons (Fsp3) is 0.429. The number of rotatable bonds is 4. The van der Waals surface area contributed by atoms with Gasteiger partial charge in [-0.05, 0) is 5.56 Å². The van der Waals surface area contributed by atoms with Gasteiger partial charge < -0.3 is 15.3 Å². The fourth-order valence-electron chi connectivity index (χ4n) is 2.10. The van der Waals surface area contributed by atoms with E-state index in [1.165, 1.54) is 0 Å². The minimum Gasteiger partial charge on any atom is -0.481 e. The van der Waals surface area contributed by atoms with Crippen LogP contribution < -0.4 is 5.32 Å². The second kappa shape index (κ2) is 7.19. The molecule has 1 aromatic rings. The molecule has 2 rings (SSSR count). The van der Waals surface area contributed by atoms with Crippen LogP contribution in [0.5, 0.6) is 0 Å². The smallest absolute Gasteiger partial charge is 0.317 e. The molecule has 1 heterocycles. The molecule has 1 unspecified atom stereocenters. The maximum atomic E-state index is 12.0. The summed E-state index contributed by atoms with van der Waals surface area (Å²) in [4.78, 5) is 25.0. The highest BCUT2D eigenvalue weighted by atomic mass is 32.2. The zero-order chi connectivity index (χ0) is 14.4. The Balaban J connectivity index is 1.92. The van der Waals surface area contributed by atoms with Gasteiger partial charge in [0.15, 0.2) is 0 Å². The number of nitrogens with zero attached hydrogens (tertiary/aromatic N) is 1. The lowest BCUT2D eigenvalue weighted by atomic mass is 9.99. The Kier molecular flexibility index (Phi) is 5.29. The van der Waals surface area contributed by atoms with E-state index < -0.39 is 11.9 Å². The van der Waals surface area contributed by atoms with Crippen LogP contribution in [0, 0.1) is 0 Å². The van der Waals surface area contributed by atoms with Gasteiger partial charge in [0.05, 0.1) is 5.92 Å². The summed E-state index contributed by atoms with van der Waals surface area (Å²) in [5.41, 5.74) is 0.703. The van der Waals surface area contributed by atoms with Gasteiger partial charge in [-0.15, -0.1) is 0 Å². The molecule has 2 N–H and O–H groups in total. The molecule has 1 aliphatic rings. The van der Waals surface area contributed by atoms with Gasteiger partial charge >= 0.3 is 12.0 Å². The SMILES string of the molecule is O=C(O)C(CNC(=O)N1CCSCC1)c1ccccc1. The Hall–Kier alpha value is -1.69. The first-order chi connectivity index (χ1) is 9.68. The van der Waals surface area contributed by atoms with Gasteiger partial charge in [0.25, 0.3) is 0 Å². The number of urea groups is 1. The van der Waals surface area contributed by atoms with E-state index in [0.29, 0.717) is 5.56 Å². The molecule has 1 saturated heterocycles. The zero-order valence-electron chi connectivity index (χ0n) is 11.1. The molecule has 0 bridgehead atoms. The molecular formula is C14H18N2O3S. The number of benzene rings is 1. The lowest BCUT2D eigenvalue weighted by Crippen LogP contribution is -2.45. The molecule has 0 radical (unpaired) electrons. The van der Waals surface area contributed by atoms with Gasteiger partial charge in [-0.3, -0.25) is 4.79 Å². The number of nitrogens with one attached hydrogen (secondary N) is 1. The van der Waals surface area contributed by atoms with Crippen molar-refractivity contribution in [2.24, 2.45) is 0 Å². The van der Waals surface area contributed by atoms with E-state index in [1.54, 1.807) is 29.2 Å². The number of aliphatic carboxylic acids is 1. The van der Waals surface area contributed by atoms with E-state index in [2.05, 4.69) is 5.32 Å². The average Bonchev–Trinajstić information content (AvgIpc) is 2.49. The van der Waals surface area contributed by atoms with Crippen LogP contribution in [0.2, 0.25) is 0 Å². The van der Waals surface area contributed by atoms with Crippen LogP contribution in [-0.2, 0) is 4.79 Å². The first-order valence-electron chi connectivity index (χ1n) is 6.57. The second-order valence-electron chi connectivity index (χ2n) is 4.59. The van der Waals surface area contributed by atoms with Gasteiger partial charge in [-0.1, -0.05) is 30.3 Å². The highest BCUT2D eigenvalue weighted by Gasteiger charge is 2.22. The van der Waals surface area contributed by atoms with Crippen molar-refractivity contribution in [2.45, 2.75) is 5.92 Å². The highest BCUT2D eigenvalue weighted by molar-refractivity contribution is 7.99. The van der Waals surface area contributed by atoms with E-state index in [4.69, 9.17) is 0 Å². The van der Waals surface area contributed by atoms with Gasteiger partial charge in [-0.25, -0.2) is 4.79 Å². The quantitative estimate of drug-likeness (QED) is 0.885. The maximum absolute atomic E-state index is 12.0. The van der Waals surface area contributed by atoms with E-state index in [-0.39, 0.29) is 12.6 Å². The molecule has 1 atom stereocenters. The number of carbonyl (C=O) groups excluding carboxylic acids is 1. The van der Waals surface area contributed by atoms with Crippen molar-refractivity contribution >= 4 is 23.8 Å². The van der Waals surface area contributed by atoms with Crippen molar-refractivity contribution < 1.29 is 14.7 Å². The fourth-order valence-corrected chi connectivity index (χ4v) is 3.00. The van der Waals surface area contributed by atoms with Crippen LogP contribution in [0.4, 0.5) is 4.79 Å². The molecule has 0 saturated carbocycles. The average molecular weight is 294 g/mol. The largest absolute Gasteiger partial charge is 0.481 e. The summed E-state index contributed by atoms with van der Waals surface area (Å²) in [6, 6.07) is 8.80. The molecule has 1 fully saturated rings. The van der Waals surface area contributed by atoms with Crippen molar-refractivity contribution in [3.8, 4) is 0 Å². The number of carbonyl (C=O) groups is 2. The molecule has 20 heavy (non-hydrogen) atoms. The summed E-state index contributed by atoms with van der Waals surface area (Å²) in [6.45, 7) is 1.56. The number of amides is 2. The van der Waals surface area contributed by atoms with Crippen LogP contribution >= 0.6 is 11.8 Å². The van der Waals surface area contributed by atoms with Crippen molar-refractivity contribution in [2.75, 3.05) is 31.1 Å². The van der Waals surface area contributed by atoms with Crippen molar-refractivity contribution in [3.05, 3.63) is 35.9 Å². The van der Waals surface area contributed by atoms with Crippen LogP contribution in [0.25, 0.3) is 0 Å². The first-order valence-corrected chi connectivity index (χ1v) is 7.72. The van der Waals surface area contributed by atoms with Crippen LogP contribution in [0.3, 0.4) is 0 Å². The predicted molar refractivity (Wildman–Crippen MR) is 79.1 cm³/mol. The summed E-state index contributed by atoms with van der Waals surface area (Å²) >= 11 is 1.83. The second-order valence-corrected chi connectivity index (χ2v) is 5.81. The Bertz CT molecular complexity index is 461. The van der Waals surface area contributed by atoms with Crippen LogP contribution in [-0.4, -0.2) is 53.1 Å². The third kappa shape index (κ3) is 3.90. The van der Waals surface area contributed by atoms with Crippen LogP contribution in [0.15, 0.2) is 30.3 Å². The number of hydrogen-bond acceptors (Lipinski definition) is 3. The Labute approximate surface area is 122 Å². The molecule has 0 aromatic heterocycles. The summed E-state index contributed by atoms with van der Waals surface area (Å²) in [7, 11) is 0. The molecule has 0 aliphatic carbocycles. The lowest BCUT2D eigenvalue weighted by molar-refractivity contribution is -0.138. The molecular weight excluding hydrogens is 276 g/mol. The number of hydrogen-bond donors (Lipinski definition) is 2. The first kappa shape index (κ1) is 14.7. The molecule has 108 valence electrons. The Morgan fingerprint density at radius 2 is 1.90 bits per heavy atom. The standard InChI is InChI=1S/C14H18N2O3S/c17-13(18)12(11-4-2-1-3-5-11)10-15-14(19)16-6-8-20-9-7-16/h1-5,12H,6-10H2,(H,15,19)(H,17,18). The Morgan fingerprint density at radius 1 is 1.25 bits per heavy atom. The normalized spacial score (nSPS) is 16.5. The summed E-state index contributed by atoms with van der Waals surface area (Å²) in [6.07, 6.45) is 0. The number of carboxylic acid groups (broad SMARTS) is 1. The highest BCUT2D eigenvalue weighted by Crippen LogP contribution is 2.15. The summed E-state index contributed by atoms with van der Waals surface area (Å²) < 4.78 is 0. The van der Waals surface area contributed by atoms with E-state index >= 15 is 0 Å². The third-order valence-electron chi connectivity index (χ3n) is 3.26. The minimum atomic E-state index is -0.925. The lowest BCUT2D eigenvalue weighted by Gasteiger charge is -2.27. The van der Waals surface area contributed by atoms with Gasteiger partial charge in [-0.2, -0.15) is 11.8 Å².